The third-order valence-electron chi connectivity index (χ3n) is 4.10. The Kier molecular flexibility index (Phi) is 4.24. The van der Waals surface area contributed by atoms with E-state index in [1.165, 1.54) is 0 Å². The minimum absolute atomic E-state index is 0.100. The second kappa shape index (κ2) is 6.23. The Bertz CT molecular complexity index is 820. The predicted molar refractivity (Wildman–Crippen MR) is 91.9 cm³/mol. The van der Waals surface area contributed by atoms with Gasteiger partial charge in [0, 0.05) is 23.5 Å². The fraction of sp³-hybridized carbons (Fsp3) is 0.389. The van der Waals surface area contributed by atoms with E-state index in [1.807, 2.05) is 32.9 Å². The summed E-state index contributed by atoms with van der Waals surface area (Å²) in [6, 6.07) is 7.21. The molecule has 7 heteroatoms. The Balaban J connectivity index is 2.04. The summed E-state index contributed by atoms with van der Waals surface area (Å²) in [4.78, 5) is 23.1. The van der Waals surface area contributed by atoms with Crippen molar-refractivity contribution >= 4 is 17.7 Å². The minimum atomic E-state index is -1.04. The third kappa shape index (κ3) is 3.35. The van der Waals surface area contributed by atoms with Gasteiger partial charge in [0.2, 0.25) is 5.91 Å². The van der Waals surface area contributed by atoms with E-state index in [0.717, 1.165) is 11.1 Å². The van der Waals surface area contributed by atoms with Gasteiger partial charge in [-0.1, -0.05) is 18.2 Å². The number of hydrogen-bond donors (Lipinski definition) is 2. The van der Waals surface area contributed by atoms with Gasteiger partial charge in [0.05, 0.1) is 11.7 Å². The van der Waals surface area contributed by atoms with Gasteiger partial charge in [0.15, 0.2) is 6.61 Å². The first-order valence-corrected chi connectivity index (χ1v) is 8.09. The van der Waals surface area contributed by atoms with E-state index in [4.69, 9.17) is 9.84 Å². The predicted octanol–water partition coefficient (Wildman–Crippen LogP) is 2.58. The van der Waals surface area contributed by atoms with Crippen LogP contribution in [0.1, 0.15) is 44.2 Å². The number of ether oxygens (including phenoxy) is 1. The average Bonchev–Trinajstić information content (AvgIpc) is 2.96. The van der Waals surface area contributed by atoms with Crippen molar-refractivity contribution in [3.8, 4) is 5.75 Å². The van der Waals surface area contributed by atoms with Crippen molar-refractivity contribution < 1.29 is 19.4 Å². The number of para-hydroxylation sites is 1. The van der Waals surface area contributed by atoms with Crippen molar-refractivity contribution in [2.45, 2.75) is 38.6 Å². The number of carbonyl (C=O) groups excluding carboxylic acids is 1. The molecule has 3 rings (SSSR count). The van der Waals surface area contributed by atoms with Crippen molar-refractivity contribution in [3.05, 3.63) is 41.6 Å². The van der Waals surface area contributed by atoms with E-state index in [1.54, 1.807) is 23.0 Å². The first-order valence-electron chi connectivity index (χ1n) is 8.09. The summed E-state index contributed by atoms with van der Waals surface area (Å²) in [6.07, 6.45) is 2.02. The molecule has 0 spiro atoms. The van der Waals surface area contributed by atoms with E-state index in [2.05, 4.69) is 10.4 Å². The van der Waals surface area contributed by atoms with Gasteiger partial charge in [0.25, 0.3) is 0 Å². The van der Waals surface area contributed by atoms with Gasteiger partial charge in [-0.05, 0) is 26.8 Å². The van der Waals surface area contributed by atoms with Gasteiger partial charge >= 0.3 is 5.97 Å². The maximum Gasteiger partial charge on any atom is 0.341 e. The monoisotopic (exact) mass is 343 g/mol. The summed E-state index contributed by atoms with van der Waals surface area (Å²) in [6.45, 7) is 5.62. The second-order valence-corrected chi connectivity index (χ2v) is 7.06. The molecular weight excluding hydrogens is 322 g/mol. The number of aromatic nitrogens is 2. The van der Waals surface area contributed by atoms with Crippen molar-refractivity contribution in [1.82, 2.24) is 9.78 Å². The van der Waals surface area contributed by atoms with Crippen LogP contribution in [-0.4, -0.2) is 33.4 Å². The highest BCUT2D eigenvalue weighted by Crippen LogP contribution is 2.41. The normalized spacial score (nSPS) is 16.9. The fourth-order valence-corrected chi connectivity index (χ4v) is 3.05. The Morgan fingerprint density at radius 1 is 1.36 bits per heavy atom. The van der Waals surface area contributed by atoms with Crippen LogP contribution in [0.2, 0.25) is 0 Å². The van der Waals surface area contributed by atoms with Crippen LogP contribution in [0.25, 0.3) is 0 Å². The largest absolute Gasteiger partial charge is 0.482 e. The van der Waals surface area contributed by atoms with E-state index >= 15 is 0 Å². The molecule has 1 atom stereocenters. The molecule has 1 unspecified atom stereocenters. The number of benzene rings is 1. The fourth-order valence-electron chi connectivity index (χ4n) is 3.05. The maximum absolute atomic E-state index is 12.3. The van der Waals surface area contributed by atoms with Gasteiger partial charge in [-0.25, -0.2) is 9.48 Å². The van der Waals surface area contributed by atoms with Crippen molar-refractivity contribution in [1.29, 1.82) is 0 Å². The molecule has 7 nitrogen and oxygen atoms in total. The number of carboxylic acid groups (broad SMARTS) is 1. The van der Waals surface area contributed by atoms with Crippen LogP contribution in [0.5, 0.6) is 5.75 Å². The van der Waals surface area contributed by atoms with Crippen molar-refractivity contribution in [2.75, 3.05) is 11.9 Å². The van der Waals surface area contributed by atoms with Gasteiger partial charge in [-0.3, -0.25) is 4.79 Å². The van der Waals surface area contributed by atoms with Crippen molar-refractivity contribution in [3.63, 3.8) is 0 Å². The molecule has 1 aliphatic rings. The van der Waals surface area contributed by atoms with Crippen LogP contribution >= 0.6 is 0 Å². The molecule has 2 aromatic rings. The molecule has 0 aliphatic carbocycles. The zero-order valence-electron chi connectivity index (χ0n) is 14.4. The third-order valence-corrected chi connectivity index (χ3v) is 4.10. The van der Waals surface area contributed by atoms with E-state index in [-0.39, 0.29) is 23.8 Å². The lowest BCUT2D eigenvalue weighted by atomic mass is 9.86. The first kappa shape index (κ1) is 17.0. The second-order valence-electron chi connectivity index (χ2n) is 7.06. The highest BCUT2D eigenvalue weighted by Gasteiger charge is 2.33. The van der Waals surface area contributed by atoms with Gasteiger partial charge < -0.3 is 15.2 Å². The summed E-state index contributed by atoms with van der Waals surface area (Å²) >= 11 is 0. The van der Waals surface area contributed by atoms with E-state index in [9.17, 15) is 9.59 Å². The Labute approximate surface area is 145 Å². The molecule has 1 aromatic heterocycles. The quantitative estimate of drug-likeness (QED) is 0.890. The summed E-state index contributed by atoms with van der Waals surface area (Å²) in [5.41, 5.74) is 1.41. The van der Waals surface area contributed by atoms with E-state index < -0.39 is 12.6 Å². The van der Waals surface area contributed by atoms with Crippen LogP contribution in [0.4, 0.5) is 5.82 Å². The molecule has 0 fully saturated rings. The smallest absolute Gasteiger partial charge is 0.341 e. The Morgan fingerprint density at radius 2 is 2.08 bits per heavy atom. The molecular formula is C18H21N3O4. The topological polar surface area (TPSA) is 93.5 Å². The lowest BCUT2D eigenvalue weighted by Gasteiger charge is -2.28. The molecule has 2 N–H and O–H groups in total. The van der Waals surface area contributed by atoms with Crippen LogP contribution < -0.4 is 10.1 Å². The molecule has 1 amide bonds. The Morgan fingerprint density at radius 3 is 2.76 bits per heavy atom. The number of rotatable bonds is 4. The number of carboxylic acids is 1. The standard InChI is InChI=1S/C18H21N3O4/c1-18(2,3)21-17-13(9-19-21)12(8-15(22)20-17)11-6-4-5-7-14(11)25-10-16(23)24/h4-7,9,12H,8,10H2,1-3H3,(H,20,22)(H,23,24). The van der Waals surface area contributed by atoms with Crippen LogP contribution in [-0.2, 0) is 15.1 Å². The number of aliphatic carboxylic acids is 1. The SMILES string of the molecule is CC(C)(C)n1ncc2c1NC(=O)CC2c1ccccc1OCC(=O)O. The summed E-state index contributed by atoms with van der Waals surface area (Å²) in [7, 11) is 0. The highest BCUT2D eigenvalue weighted by atomic mass is 16.5. The summed E-state index contributed by atoms with van der Waals surface area (Å²) in [5.74, 6) is -0.223. The molecule has 0 radical (unpaired) electrons. The number of hydrogen-bond acceptors (Lipinski definition) is 4. The first-order chi connectivity index (χ1) is 11.8. The zero-order chi connectivity index (χ0) is 18.2. The molecule has 0 bridgehead atoms. The molecule has 132 valence electrons. The van der Waals surface area contributed by atoms with Crippen LogP contribution in [0.3, 0.4) is 0 Å². The maximum atomic E-state index is 12.3. The number of fused-ring (bicyclic) bond motifs is 1. The molecule has 1 aromatic carbocycles. The van der Waals surface area contributed by atoms with Gasteiger partial charge in [-0.2, -0.15) is 5.10 Å². The van der Waals surface area contributed by atoms with Gasteiger partial charge in [0.1, 0.15) is 11.6 Å². The minimum Gasteiger partial charge on any atom is -0.482 e. The molecule has 25 heavy (non-hydrogen) atoms. The molecule has 0 saturated heterocycles. The lowest BCUT2D eigenvalue weighted by molar-refractivity contribution is -0.139. The number of nitrogens with one attached hydrogen (secondary N) is 1. The molecule has 2 heterocycles. The summed E-state index contributed by atoms with van der Waals surface area (Å²) < 4.78 is 7.22. The van der Waals surface area contributed by atoms with Gasteiger partial charge in [-0.15, -0.1) is 0 Å². The number of amides is 1. The number of anilines is 1. The average molecular weight is 343 g/mol. The highest BCUT2D eigenvalue weighted by molar-refractivity contribution is 5.94. The zero-order valence-corrected chi connectivity index (χ0v) is 14.4. The van der Waals surface area contributed by atoms with E-state index in [0.29, 0.717) is 11.6 Å². The molecule has 0 saturated carbocycles. The van der Waals surface area contributed by atoms with Crippen LogP contribution in [0, 0.1) is 0 Å². The number of carbonyl (C=O) groups is 2. The lowest BCUT2D eigenvalue weighted by Crippen LogP contribution is -2.30. The van der Waals surface area contributed by atoms with Crippen LogP contribution in [0.15, 0.2) is 30.5 Å². The number of nitrogens with zero attached hydrogens (tertiary/aromatic N) is 2. The Hall–Kier alpha value is -2.83. The van der Waals surface area contributed by atoms with Crippen molar-refractivity contribution in [2.24, 2.45) is 0 Å². The summed E-state index contributed by atoms with van der Waals surface area (Å²) in [5, 5.41) is 16.2. The molecule has 1 aliphatic heterocycles.